The van der Waals surface area contributed by atoms with Gasteiger partial charge in [0.25, 0.3) is 0 Å². The standard InChI is InChI=1S/C12H24N2O3/c1-6-8-13(5)11(17)14(12(2,3)4)9-7-10(15)16/h6-9H2,1-5H3,(H,15,16). The molecule has 5 nitrogen and oxygen atoms in total. The molecule has 17 heavy (non-hydrogen) atoms. The third-order valence-electron chi connectivity index (χ3n) is 2.48. The summed E-state index contributed by atoms with van der Waals surface area (Å²) in [4.78, 5) is 26.0. The number of carboxylic acid groups (broad SMARTS) is 1. The van der Waals surface area contributed by atoms with E-state index in [1.54, 1.807) is 16.8 Å². The first-order chi connectivity index (χ1) is 7.70. The Morgan fingerprint density at radius 1 is 1.18 bits per heavy atom. The molecular weight excluding hydrogens is 220 g/mol. The Morgan fingerprint density at radius 2 is 1.71 bits per heavy atom. The molecule has 1 N–H and O–H groups in total. The molecular formula is C12H24N2O3. The number of carboxylic acids is 1. The van der Waals surface area contributed by atoms with Crippen LogP contribution in [0.15, 0.2) is 0 Å². The minimum Gasteiger partial charge on any atom is -0.481 e. The Bertz CT molecular complexity index is 271. The number of amides is 2. The molecule has 0 unspecified atom stereocenters. The van der Waals surface area contributed by atoms with E-state index < -0.39 is 5.97 Å². The molecule has 2 amide bonds. The number of rotatable bonds is 5. The zero-order valence-electron chi connectivity index (χ0n) is 11.5. The highest BCUT2D eigenvalue weighted by atomic mass is 16.4. The van der Waals surface area contributed by atoms with Gasteiger partial charge in [-0.2, -0.15) is 0 Å². The molecule has 0 saturated heterocycles. The van der Waals surface area contributed by atoms with Gasteiger partial charge in [0.05, 0.1) is 6.42 Å². The smallest absolute Gasteiger partial charge is 0.320 e. The van der Waals surface area contributed by atoms with Gasteiger partial charge in [-0.3, -0.25) is 4.79 Å². The van der Waals surface area contributed by atoms with Crippen molar-refractivity contribution in [2.24, 2.45) is 0 Å². The van der Waals surface area contributed by atoms with Crippen LogP contribution in [0.2, 0.25) is 0 Å². The molecule has 0 aliphatic carbocycles. The van der Waals surface area contributed by atoms with Crippen molar-refractivity contribution in [3.63, 3.8) is 0 Å². The lowest BCUT2D eigenvalue weighted by molar-refractivity contribution is -0.137. The topological polar surface area (TPSA) is 60.9 Å². The van der Waals surface area contributed by atoms with E-state index in [1.165, 1.54) is 0 Å². The van der Waals surface area contributed by atoms with E-state index in [2.05, 4.69) is 0 Å². The average molecular weight is 244 g/mol. The largest absolute Gasteiger partial charge is 0.481 e. The summed E-state index contributed by atoms with van der Waals surface area (Å²) in [5.41, 5.74) is -0.367. The Balaban J connectivity index is 4.68. The second-order valence-electron chi connectivity index (χ2n) is 5.17. The second-order valence-corrected chi connectivity index (χ2v) is 5.17. The minimum absolute atomic E-state index is 0.0248. The predicted molar refractivity (Wildman–Crippen MR) is 67.0 cm³/mol. The van der Waals surface area contributed by atoms with Crippen molar-refractivity contribution in [1.29, 1.82) is 0 Å². The van der Waals surface area contributed by atoms with Gasteiger partial charge in [-0.1, -0.05) is 6.92 Å². The summed E-state index contributed by atoms with van der Waals surface area (Å²) in [7, 11) is 1.74. The molecule has 0 aromatic heterocycles. The Kier molecular flexibility index (Phi) is 5.99. The molecule has 0 rings (SSSR count). The summed E-state index contributed by atoms with van der Waals surface area (Å²) in [5, 5.41) is 8.70. The van der Waals surface area contributed by atoms with Crippen molar-refractivity contribution in [1.82, 2.24) is 9.80 Å². The SMILES string of the molecule is CCCN(C)C(=O)N(CCC(=O)O)C(C)(C)C. The molecule has 0 fully saturated rings. The van der Waals surface area contributed by atoms with E-state index in [0.717, 1.165) is 6.42 Å². The predicted octanol–water partition coefficient (Wildman–Crippen LogP) is 2.02. The molecule has 0 aliphatic rings. The third-order valence-corrected chi connectivity index (χ3v) is 2.48. The van der Waals surface area contributed by atoms with Crippen LogP contribution in [-0.4, -0.2) is 52.6 Å². The highest BCUT2D eigenvalue weighted by molar-refractivity contribution is 5.76. The summed E-state index contributed by atoms with van der Waals surface area (Å²) in [5.74, 6) is -0.884. The number of carbonyl (C=O) groups is 2. The number of carbonyl (C=O) groups excluding carboxylic acids is 1. The van der Waals surface area contributed by atoms with Crippen LogP contribution in [-0.2, 0) is 4.79 Å². The van der Waals surface area contributed by atoms with E-state index >= 15 is 0 Å². The van der Waals surface area contributed by atoms with Crippen LogP contribution in [0, 0.1) is 0 Å². The van der Waals surface area contributed by atoms with Crippen molar-refractivity contribution in [3.8, 4) is 0 Å². The van der Waals surface area contributed by atoms with Crippen LogP contribution in [0.25, 0.3) is 0 Å². The lowest BCUT2D eigenvalue weighted by Crippen LogP contribution is -2.51. The number of hydrogen-bond acceptors (Lipinski definition) is 2. The van der Waals surface area contributed by atoms with Crippen LogP contribution in [0.3, 0.4) is 0 Å². The molecule has 0 heterocycles. The van der Waals surface area contributed by atoms with E-state index in [1.807, 2.05) is 27.7 Å². The highest BCUT2D eigenvalue weighted by Gasteiger charge is 2.28. The first-order valence-electron chi connectivity index (χ1n) is 5.94. The quantitative estimate of drug-likeness (QED) is 0.805. The molecule has 0 spiro atoms. The maximum Gasteiger partial charge on any atom is 0.320 e. The monoisotopic (exact) mass is 244 g/mol. The molecule has 0 radical (unpaired) electrons. The number of aliphatic carboxylic acids is 1. The van der Waals surface area contributed by atoms with Crippen molar-refractivity contribution in [2.75, 3.05) is 20.1 Å². The summed E-state index contributed by atoms with van der Waals surface area (Å²) in [6.07, 6.45) is 0.863. The molecule has 0 aromatic carbocycles. The van der Waals surface area contributed by atoms with Crippen LogP contribution >= 0.6 is 0 Å². The summed E-state index contributed by atoms with van der Waals surface area (Å²) in [6.45, 7) is 8.65. The fourth-order valence-electron chi connectivity index (χ4n) is 1.56. The second kappa shape index (κ2) is 6.47. The van der Waals surface area contributed by atoms with Gasteiger partial charge in [-0.15, -0.1) is 0 Å². The Morgan fingerprint density at radius 3 is 2.06 bits per heavy atom. The van der Waals surface area contributed by atoms with E-state index in [0.29, 0.717) is 6.54 Å². The molecule has 100 valence electrons. The Hall–Kier alpha value is -1.26. The fraction of sp³-hybridized carbons (Fsp3) is 0.833. The zero-order chi connectivity index (χ0) is 13.6. The molecule has 0 bridgehead atoms. The average Bonchev–Trinajstić information content (AvgIpc) is 2.15. The number of hydrogen-bond donors (Lipinski definition) is 1. The summed E-state index contributed by atoms with van der Waals surface area (Å²) >= 11 is 0. The van der Waals surface area contributed by atoms with E-state index in [4.69, 9.17) is 5.11 Å². The number of urea groups is 1. The molecule has 0 saturated carbocycles. The van der Waals surface area contributed by atoms with Crippen molar-refractivity contribution in [3.05, 3.63) is 0 Å². The summed E-state index contributed by atoms with van der Waals surface area (Å²) < 4.78 is 0. The Labute approximate surface area is 103 Å². The highest BCUT2D eigenvalue weighted by Crippen LogP contribution is 2.16. The first kappa shape index (κ1) is 15.7. The van der Waals surface area contributed by atoms with Gasteiger partial charge in [0.2, 0.25) is 0 Å². The zero-order valence-corrected chi connectivity index (χ0v) is 11.5. The van der Waals surface area contributed by atoms with Gasteiger partial charge in [0.15, 0.2) is 0 Å². The van der Waals surface area contributed by atoms with Crippen LogP contribution in [0.1, 0.15) is 40.5 Å². The van der Waals surface area contributed by atoms with Gasteiger partial charge in [0, 0.05) is 25.7 Å². The van der Waals surface area contributed by atoms with E-state index in [9.17, 15) is 9.59 Å². The van der Waals surface area contributed by atoms with Crippen LogP contribution in [0.4, 0.5) is 4.79 Å². The maximum atomic E-state index is 12.2. The van der Waals surface area contributed by atoms with Crippen molar-refractivity contribution in [2.45, 2.75) is 46.1 Å². The third kappa shape index (κ3) is 5.56. The van der Waals surface area contributed by atoms with Crippen LogP contribution in [0.5, 0.6) is 0 Å². The van der Waals surface area contributed by atoms with Crippen molar-refractivity contribution >= 4 is 12.0 Å². The first-order valence-corrected chi connectivity index (χ1v) is 5.94. The number of nitrogens with zero attached hydrogens (tertiary/aromatic N) is 2. The maximum absolute atomic E-state index is 12.2. The summed E-state index contributed by atoms with van der Waals surface area (Å²) in [6, 6.07) is -0.111. The molecule has 0 aliphatic heterocycles. The molecule has 0 atom stereocenters. The lowest BCUT2D eigenvalue weighted by Gasteiger charge is -2.38. The molecule has 0 aromatic rings. The van der Waals surface area contributed by atoms with Crippen LogP contribution < -0.4 is 0 Å². The van der Waals surface area contributed by atoms with E-state index in [-0.39, 0.29) is 24.5 Å². The van der Waals surface area contributed by atoms with Gasteiger partial charge in [-0.05, 0) is 27.2 Å². The van der Waals surface area contributed by atoms with Gasteiger partial charge < -0.3 is 14.9 Å². The van der Waals surface area contributed by atoms with Gasteiger partial charge in [0.1, 0.15) is 0 Å². The van der Waals surface area contributed by atoms with Crippen molar-refractivity contribution < 1.29 is 14.7 Å². The minimum atomic E-state index is -0.884. The fourth-order valence-corrected chi connectivity index (χ4v) is 1.56. The molecule has 5 heteroatoms. The lowest BCUT2D eigenvalue weighted by atomic mass is 10.1. The normalized spacial score (nSPS) is 11.1. The van der Waals surface area contributed by atoms with Gasteiger partial charge >= 0.3 is 12.0 Å². The van der Waals surface area contributed by atoms with Gasteiger partial charge in [-0.25, -0.2) is 4.79 Å².